The molecule has 9 rings (SSSR count). The minimum absolute atomic E-state index is 0.00787. The molecule has 3 amide bonds. The lowest BCUT2D eigenvalue weighted by atomic mass is 9.89. The number of aromatic nitrogens is 5. The molecule has 17 heteroatoms. The lowest BCUT2D eigenvalue weighted by Crippen LogP contribution is -2.54. The number of piperidine rings is 1. The third-order valence-corrected chi connectivity index (χ3v) is 12.4. The van der Waals surface area contributed by atoms with Crippen LogP contribution in [-0.4, -0.2) is 104 Å². The zero-order chi connectivity index (χ0) is 42.5. The molecule has 4 aliphatic heterocycles. The molecule has 320 valence electrons. The first-order chi connectivity index (χ1) is 29.4. The monoisotopic (exact) mass is 838 g/mol. The van der Waals surface area contributed by atoms with Crippen LogP contribution in [0.4, 0.5) is 24.8 Å². The lowest BCUT2D eigenvalue weighted by Gasteiger charge is -2.45. The maximum absolute atomic E-state index is 16.1. The number of halogens is 3. The number of fused-ring (bicyclic) bond motifs is 7. The van der Waals surface area contributed by atoms with E-state index in [0.29, 0.717) is 60.9 Å². The second kappa shape index (κ2) is 16.6. The van der Waals surface area contributed by atoms with Gasteiger partial charge in [-0.3, -0.25) is 29.9 Å². The van der Waals surface area contributed by atoms with Gasteiger partial charge in [0.15, 0.2) is 5.82 Å². The molecule has 5 aromatic rings. The molecule has 2 atom stereocenters. The van der Waals surface area contributed by atoms with Crippen LogP contribution < -0.4 is 20.3 Å². The van der Waals surface area contributed by atoms with Gasteiger partial charge in [0, 0.05) is 95.2 Å². The first kappa shape index (κ1) is 40.6. The summed E-state index contributed by atoms with van der Waals surface area (Å²) in [5, 5.41) is 9.39. The van der Waals surface area contributed by atoms with Crippen LogP contribution in [0.15, 0.2) is 42.6 Å². The third kappa shape index (κ3) is 8.20. The van der Waals surface area contributed by atoms with Crippen molar-refractivity contribution in [3.05, 3.63) is 82.4 Å². The number of imidazole rings is 1. The van der Waals surface area contributed by atoms with Gasteiger partial charge in [-0.2, -0.15) is 5.10 Å². The van der Waals surface area contributed by atoms with Crippen molar-refractivity contribution in [2.75, 3.05) is 62.6 Å². The minimum Gasteiger partial charge on any atom is -0.477 e. The number of pyridine rings is 1. The van der Waals surface area contributed by atoms with E-state index in [2.05, 4.69) is 49.6 Å². The number of hydrogen-bond donors (Lipinski definition) is 2. The molecule has 2 bridgehead atoms. The number of hydrogen-bond acceptors (Lipinski definition) is 10. The fourth-order valence-corrected chi connectivity index (χ4v) is 9.19. The van der Waals surface area contributed by atoms with Crippen molar-refractivity contribution in [2.45, 2.75) is 58.5 Å². The summed E-state index contributed by atoms with van der Waals surface area (Å²) in [5.41, 5.74) is 3.66. The fraction of sp³-hybridized carbons (Fsp3) is 0.455. The Labute approximate surface area is 351 Å². The number of imide groups is 1. The highest BCUT2D eigenvalue weighted by Crippen LogP contribution is 2.36. The van der Waals surface area contributed by atoms with Gasteiger partial charge in [0.1, 0.15) is 17.3 Å². The number of aryl methyl sites for hydroxylation is 2. The van der Waals surface area contributed by atoms with Gasteiger partial charge in [-0.1, -0.05) is 13.0 Å². The van der Waals surface area contributed by atoms with Crippen LogP contribution in [0.3, 0.4) is 0 Å². The Kier molecular flexibility index (Phi) is 11.0. The lowest BCUT2D eigenvalue weighted by molar-refractivity contribution is -0.134. The van der Waals surface area contributed by atoms with Crippen LogP contribution in [0.1, 0.15) is 65.7 Å². The van der Waals surface area contributed by atoms with Crippen molar-refractivity contribution >= 4 is 40.4 Å². The number of nitrogens with zero attached hydrogens (tertiary/aromatic N) is 8. The Morgan fingerprint density at radius 3 is 2.39 bits per heavy atom. The molecule has 4 aliphatic rings. The zero-order valence-electron chi connectivity index (χ0n) is 34.5. The van der Waals surface area contributed by atoms with Crippen LogP contribution >= 0.6 is 0 Å². The van der Waals surface area contributed by atoms with E-state index in [0.717, 1.165) is 68.7 Å². The van der Waals surface area contributed by atoms with Crippen molar-refractivity contribution in [3.63, 3.8) is 0 Å². The molecule has 0 saturated carbocycles. The van der Waals surface area contributed by atoms with Crippen molar-refractivity contribution in [2.24, 2.45) is 18.9 Å². The van der Waals surface area contributed by atoms with E-state index in [9.17, 15) is 14.4 Å². The number of amides is 3. The topological polar surface area (TPSA) is 143 Å². The maximum atomic E-state index is 16.1. The van der Waals surface area contributed by atoms with Crippen LogP contribution in [0.5, 0.6) is 5.88 Å². The zero-order valence-corrected chi connectivity index (χ0v) is 34.5. The highest BCUT2D eigenvalue weighted by Gasteiger charge is 2.35. The van der Waals surface area contributed by atoms with E-state index in [4.69, 9.17) is 9.72 Å². The van der Waals surface area contributed by atoms with Crippen molar-refractivity contribution in [1.29, 1.82) is 0 Å². The smallest absolute Gasteiger partial charge is 0.261 e. The van der Waals surface area contributed by atoms with E-state index < -0.39 is 41.1 Å². The first-order valence-corrected chi connectivity index (χ1v) is 21.0. The quantitative estimate of drug-likeness (QED) is 0.214. The van der Waals surface area contributed by atoms with Crippen molar-refractivity contribution in [3.8, 4) is 17.1 Å². The van der Waals surface area contributed by atoms with Crippen LogP contribution in [0.2, 0.25) is 0 Å². The Hall–Kier alpha value is -5.81. The normalized spacial score (nSPS) is 20.9. The van der Waals surface area contributed by atoms with Crippen LogP contribution in [0, 0.1) is 36.2 Å². The number of carbonyl (C=O) groups excluding carboxylic acids is 3. The van der Waals surface area contributed by atoms with E-state index in [-0.39, 0.29) is 35.6 Å². The summed E-state index contributed by atoms with van der Waals surface area (Å²) in [4.78, 5) is 53.7. The molecular formula is C44H49F3N10O4. The highest BCUT2D eigenvalue weighted by molar-refractivity contribution is 6.05. The Morgan fingerprint density at radius 1 is 0.885 bits per heavy atom. The van der Waals surface area contributed by atoms with Gasteiger partial charge in [-0.05, 0) is 68.0 Å². The summed E-state index contributed by atoms with van der Waals surface area (Å²) >= 11 is 0. The van der Waals surface area contributed by atoms with Gasteiger partial charge in [-0.15, -0.1) is 0 Å². The standard InChI is InChI=1S/C44H49F3N10O4/c1-25-5-4-14-61-43-32(19-48-53(43)3)40-39(47)31(15-26(2)49-40)42(60)52-44-50-35-8-6-27(16-36(35)57(44)20-25)21-54-10-12-55(13-11-54)22-28-23-56(24-28)29-17-33(45)38(34(46)18-29)30-7-9-37(58)51-41(30)59/h6,8,15-19,25,28,30H,4-5,7,9-14,20-24H2,1-3H3,(H,50,52,60)(H,51,58,59)/t25-,30-/m1/s1. The Balaban J connectivity index is 0.838. The average molecular weight is 839 g/mol. The molecule has 3 aromatic heterocycles. The van der Waals surface area contributed by atoms with E-state index in [1.165, 1.54) is 24.4 Å². The summed E-state index contributed by atoms with van der Waals surface area (Å²) in [6.07, 6.45) is 3.25. The van der Waals surface area contributed by atoms with Gasteiger partial charge < -0.3 is 19.1 Å². The average Bonchev–Trinajstić information content (AvgIpc) is 3.74. The molecule has 7 heterocycles. The first-order valence-electron chi connectivity index (χ1n) is 21.0. The summed E-state index contributed by atoms with van der Waals surface area (Å²) in [6, 6.07) is 10.2. The van der Waals surface area contributed by atoms with Crippen LogP contribution in [0.25, 0.3) is 22.3 Å². The molecular weight excluding hydrogens is 790 g/mol. The number of piperazine rings is 1. The van der Waals surface area contributed by atoms with Gasteiger partial charge in [0.05, 0.1) is 40.9 Å². The molecule has 0 radical (unpaired) electrons. The summed E-state index contributed by atoms with van der Waals surface area (Å²) in [5.74, 6) is -3.67. The molecule has 3 saturated heterocycles. The molecule has 0 unspecified atom stereocenters. The fourth-order valence-electron chi connectivity index (χ4n) is 9.19. The number of anilines is 2. The number of nitrogens with one attached hydrogen (secondary N) is 2. The molecule has 2 N–H and O–H groups in total. The molecule has 2 aromatic carbocycles. The van der Waals surface area contributed by atoms with E-state index in [1.54, 1.807) is 18.7 Å². The number of rotatable bonds is 6. The SMILES string of the molecule is Cc1cc2c(F)c(n1)-c1cnn(C)c1OCCC[C@@H](C)Cn1c(nc3ccc(CN4CCN(CC5CN(c6cc(F)c([C@H]7CCC(=O)NC7=O)c(F)c6)C5)CC4)cc31)NC2=O. The predicted molar refractivity (Wildman–Crippen MR) is 222 cm³/mol. The van der Waals surface area contributed by atoms with E-state index in [1.807, 2.05) is 15.5 Å². The highest BCUT2D eigenvalue weighted by atomic mass is 19.1. The van der Waals surface area contributed by atoms with Crippen molar-refractivity contribution < 1.29 is 32.3 Å². The van der Waals surface area contributed by atoms with Crippen molar-refractivity contribution in [1.82, 2.24) is 39.4 Å². The summed E-state index contributed by atoms with van der Waals surface area (Å²) < 4.78 is 56.1. The van der Waals surface area contributed by atoms with E-state index >= 15 is 13.2 Å². The predicted octanol–water partition coefficient (Wildman–Crippen LogP) is 5.39. The van der Waals surface area contributed by atoms with Gasteiger partial charge in [0.2, 0.25) is 23.6 Å². The number of benzene rings is 2. The number of carbonyl (C=O) groups is 3. The molecule has 61 heavy (non-hydrogen) atoms. The maximum Gasteiger partial charge on any atom is 0.261 e. The number of ether oxygens (including phenoxy) is 1. The molecule has 14 nitrogen and oxygen atoms in total. The minimum atomic E-state index is -1.01. The summed E-state index contributed by atoms with van der Waals surface area (Å²) in [6.45, 7) is 11.4. The Morgan fingerprint density at radius 2 is 1.64 bits per heavy atom. The van der Waals surface area contributed by atoms with Crippen LogP contribution in [-0.2, 0) is 29.7 Å². The molecule has 0 aliphatic carbocycles. The summed E-state index contributed by atoms with van der Waals surface area (Å²) in [7, 11) is 1.73. The third-order valence-electron chi connectivity index (χ3n) is 12.4. The second-order valence-electron chi connectivity index (χ2n) is 17.1. The van der Waals surface area contributed by atoms with Gasteiger partial charge in [0.25, 0.3) is 5.91 Å². The van der Waals surface area contributed by atoms with Gasteiger partial charge >= 0.3 is 0 Å². The largest absolute Gasteiger partial charge is 0.477 e. The van der Waals surface area contributed by atoms with Gasteiger partial charge in [-0.25, -0.2) is 27.8 Å². The Bertz CT molecular complexity index is 2500. The molecule has 3 fully saturated rings. The second-order valence-corrected chi connectivity index (χ2v) is 17.1. The molecule has 0 spiro atoms.